The number of para-hydroxylation sites is 1. The zero-order chi connectivity index (χ0) is 12.3. The van der Waals surface area contributed by atoms with Gasteiger partial charge in [0.1, 0.15) is 5.75 Å². The van der Waals surface area contributed by atoms with Crippen molar-refractivity contribution in [1.82, 2.24) is 9.78 Å². The predicted octanol–water partition coefficient (Wildman–Crippen LogP) is 1.11. The lowest BCUT2D eigenvalue weighted by molar-refractivity contribution is 0.384. The Morgan fingerprint density at radius 1 is 1.29 bits per heavy atom. The Hall–Kier alpha value is -1.86. The summed E-state index contributed by atoms with van der Waals surface area (Å²) in [6.45, 7) is 0.360. The van der Waals surface area contributed by atoms with Gasteiger partial charge in [0.05, 0.1) is 6.54 Å². The van der Waals surface area contributed by atoms with Gasteiger partial charge in [-0.15, -0.1) is 0 Å². The summed E-state index contributed by atoms with van der Waals surface area (Å²) in [5.41, 5.74) is 0.605. The van der Waals surface area contributed by atoms with Crippen LogP contribution in [0.4, 0.5) is 0 Å². The summed E-state index contributed by atoms with van der Waals surface area (Å²) in [5, 5.41) is 4.00. The van der Waals surface area contributed by atoms with E-state index in [-0.39, 0.29) is 5.75 Å². The summed E-state index contributed by atoms with van der Waals surface area (Å²) in [4.78, 5) is 0. The van der Waals surface area contributed by atoms with E-state index in [1.807, 2.05) is 0 Å². The van der Waals surface area contributed by atoms with Crippen LogP contribution in [-0.2, 0) is 16.9 Å². The maximum absolute atomic E-state index is 10.7. The molecule has 2 aromatic rings. The number of rotatable bonds is 4. The van der Waals surface area contributed by atoms with Crippen molar-refractivity contribution >= 4 is 10.4 Å². The molecule has 1 N–H and O–H groups in total. The highest BCUT2D eigenvalue weighted by molar-refractivity contribution is 7.81. The largest absolute Gasteiger partial charge is 0.446 e. The van der Waals surface area contributed by atoms with E-state index in [0.29, 0.717) is 12.1 Å². The molecule has 0 saturated heterocycles. The number of hydrogen-bond donors (Lipinski definition) is 1. The Balaban J connectivity index is 2.28. The van der Waals surface area contributed by atoms with Crippen LogP contribution in [0.1, 0.15) is 5.56 Å². The molecule has 7 heteroatoms. The number of aromatic nitrogens is 2. The third-order valence-electron chi connectivity index (χ3n) is 2.06. The maximum atomic E-state index is 10.7. The van der Waals surface area contributed by atoms with E-state index in [2.05, 4.69) is 9.28 Å². The molecule has 0 atom stereocenters. The lowest BCUT2D eigenvalue weighted by atomic mass is 10.2. The fourth-order valence-corrected chi connectivity index (χ4v) is 1.79. The zero-order valence-corrected chi connectivity index (χ0v) is 9.54. The van der Waals surface area contributed by atoms with Gasteiger partial charge < -0.3 is 4.18 Å². The summed E-state index contributed by atoms with van der Waals surface area (Å²) < 4.78 is 36.1. The highest BCUT2D eigenvalue weighted by Gasteiger charge is 2.11. The van der Waals surface area contributed by atoms with E-state index in [0.717, 1.165) is 0 Å². The second kappa shape index (κ2) is 4.56. The Labute approximate surface area is 98.4 Å². The Morgan fingerprint density at radius 3 is 2.71 bits per heavy atom. The van der Waals surface area contributed by atoms with Gasteiger partial charge in [-0.25, -0.2) is 0 Å². The van der Waals surface area contributed by atoms with Gasteiger partial charge in [-0.2, -0.15) is 13.5 Å². The third kappa shape index (κ3) is 3.30. The Bertz CT molecular complexity index is 593. The van der Waals surface area contributed by atoms with Crippen LogP contribution >= 0.6 is 0 Å². The number of nitrogens with zero attached hydrogens (tertiary/aromatic N) is 2. The van der Waals surface area contributed by atoms with Gasteiger partial charge in [0, 0.05) is 18.0 Å². The van der Waals surface area contributed by atoms with Gasteiger partial charge in [-0.1, -0.05) is 18.2 Å². The summed E-state index contributed by atoms with van der Waals surface area (Å²) in [5.74, 6) is 0.0884. The van der Waals surface area contributed by atoms with Crippen LogP contribution in [0, 0.1) is 0 Å². The van der Waals surface area contributed by atoms with Gasteiger partial charge >= 0.3 is 10.4 Å². The maximum Gasteiger partial charge on any atom is 0.446 e. The Morgan fingerprint density at radius 2 is 2.06 bits per heavy atom. The van der Waals surface area contributed by atoms with Crippen molar-refractivity contribution in [3.63, 3.8) is 0 Å². The average Bonchev–Trinajstić information content (AvgIpc) is 2.71. The lowest BCUT2D eigenvalue weighted by Gasteiger charge is -2.08. The normalized spacial score (nSPS) is 11.4. The molecule has 0 unspecified atom stereocenters. The molecule has 0 aliphatic heterocycles. The molecule has 6 nitrogen and oxygen atoms in total. The van der Waals surface area contributed by atoms with Crippen molar-refractivity contribution in [3.8, 4) is 5.75 Å². The first-order valence-electron chi connectivity index (χ1n) is 4.77. The molecule has 0 aliphatic rings. The van der Waals surface area contributed by atoms with Gasteiger partial charge in [0.15, 0.2) is 0 Å². The zero-order valence-electron chi connectivity index (χ0n) is 8.72. The molecule has 90 valence electrons. The standard InChI is InChI=1S/C10H10N2O4S/c13-17(14,15)16-10-5-2-1-4-9(10)8-12-7-3-6-11-12/h1-7H,8H2,(H,13,14,15). The van der Waals surface area contributed by atoms with Gasteiger partial charge in [0.2, 0.25) is 0 Å². The molecular weight excluding hydrogens is 244 g/mol. The van der Waals surface area contributed by atoms with Crippen molar-refractivity contribution in [1.29, 1.82) is 0 Å². The van der Waals surface area contributed by atoms with E-state index in [4.69, 9.17) is 4.55 Å². The first-order chi connectivity index (χ1) is 8.04. The fraction of sp³-hybridized carbons (Fsp3) is 0.100. The summed E-state index contributed by atoms with van der Waals surface area (Å²) >= 11 is 0. The molecule has 0 radical (unpaired) electrons. The highest BCUT2D eigenvalue weighted by Crippen LogP contribution is 2.20. The van der Waals surface area contributed by atoms with Crippen LogP contribution in [0.5, 0.6) is 5.75 Å². The second-order valence-electron chi connectivity index (χ2n) is 3.32. The van der Waals surface area contributed by atoms with Crippen molar-refractivity contribution in [2.45, 2.75) is 6.54 Å². The molecular formula is C10H10N2O4S. The summed E-state index contributed by atoms with van der Waals surface area (Å²) in [6, 6.07) is 8.28. The van der Waals surface area contributed by atoms with Crippen molar-refractivity contribution in [2.24, 2.45) is 0 Å². The monoisotopic (exact) mass is 254 g/mol. The van der Waals surface area contributed by atoms with E-state index in [9.17, 15) is 8.42 Å². The van der Waals surface area contributed by atoms with Crippen molar-refractivity contribution in [2.75, 3.05) is 0 Å². The Kier molecular flexibility index (Phi) is 3.12. The summed E-state index contributed by atoms with van der Waals surface area (Å²) in [7, 11) is -4.51. The van der Waals surface area contributed by atoms with Crippen LogP contribution in [0.25, 0.3) is 0 Å². The quantitative estimate of drug-likeness (QED) is 0.827. The molecule has 2 rings (SSSR count). The minimum Gasteiger partial charge on any atom is -0.361 e. The topological polar surface area (TPSA) is 81.4 Å². The summed E-state index contributed by atoms with van der Waals surface area (Å²) in [6.07, 6.45) is 3.36. The third-order valence-corrected chi connectivity index (χ3v) is 2.45. The van der Waals surface area contributed by atoms with Crippen LogP contribution in [0.3, 0.4) is 0 Å². The van der Waals surface area contributed by atoms with Gasteiger partial charge in [-0.05, 0) is 12.1 Å². The molecule has 0 bridgehead atoms. The van der Waals surface area contributed by atoms with Crippen molar-refractivity contribution in [3.05, 3.63) is 48.3 Å². The highest BCUT2D eigenvalue weighted by atomic mass is 32.3. The molecule has 0 amide bonds. The van der Waals surface area contributed by atoms with E-state index >= 15 is 0 Å². The van der Waals surface area contributed by atoms with Crippen LogP contribution in [0.2, 0.25) is 0 Å². The van der Waals surface area contributed by atoms with Gasteiger partial charge in [-0.3, -0.25) is 9.23 Å². The molecule has 0 fully saturated rings. The first-order valence-corrected chi connectivity index (χ1v) is 6.13. The SMILES string of the molecule is O=S(=O)(O)Oc1ccccc1Cn1cccn1. The average molecular weight is 254 g/mol. The van der Waals surface area contributed by atoms with E-state index in [1.54, 1.807) is 41.3 Å². The minimum absolute atomic E-state index is 0.0884. The van der Waals surface area contributed by atoms with E-state index in [1.165, 1.54) is 6.07 Å². The minimum atomic E-state index is -4.51. The number of benzene rings is 1. The molecule has 1 aromatic carbocycles. The number of hydrogen-bond acceptors (Lipinski definition) is 4. The molecule has 0 spiro atoms. The van der Waals surface area contributed by atoms with Crippen LogP contribution in [-0.4, -0.2) is 22.8 Å². The lowest BCUT2D eigenvalue weighted by Crippen LogP contribution is -2.09. The smallest absolute Gasteiger partial charge is 0.361 e. The van der Waals surface area contributed by atoms with Crippen LogP contribution < -0.4 is 4.18 Å². The molecule has 1 aromatic heterocycles. The van der Waals surface area contributed by atoms with Crippen molar-refractivity contribution < 1.29 is 17.2 Å². The molecule has 0 aliphatic carbocycles. The van der Waals surface area contributed by atoms with E-state index < -0.39 is 10.4 Å². The first kappa shape index (κ1) is 11.6. The van der Waals surface area contributed by atoms with Crippen LogP contribution in [0.15, 0.2) is 42.7 Å². The molecule has 17 heavy (non-hydrogen) atoms. The predicted molar refractivity (Wildman–Crippen MR) is 59.9 cm³/mol. The molecule has 0 saturated carbocycles. The van der Waals surface area contributed by atoms with Gasteiger partial charge in [0.25, 0.3) is 0 Å². The fourth-order valence-electron chi connectivity index (χ4n) is 1.40. The molecule has 1 heterocycles. The second-order valence-corrected chi connectivity index (χ2v) is 4.34.